The van der Waals surface area contributed by atoms with E-state index in [4.69, 9.17) is 17.3 Å². The summed E-state index contributed by atoms with van der Waals surface area (Å²) in [6, 6.07) is 12.1. The van der Waals surface area contributed by atoms with Crippen molar-refractivity contribution in [2.45, 2.75) is 35.5 Å². The standard InChI is InChI=1S/C10H14N2O4S.C10H16N2O2S.C8H8ClNO4S/c1-4-17(15,16)10-6-8(11(2)3)5-9(7-10)12(13)14;1-4-15(13,14)10-6-8(11)5-9(7-10)12(2)3;1-2-15(13,14)8-4-6(9)3-7(5-8)10(11)12/h5-7H,4H2,1-3H3;5-7H,4,11H2,1-3H3;3-5H,2H2,1H3. The van der Waals surface area contributed by atoms with Gasteiger partial charge in [-0.3, -0.25) is 20.2 Å². The highest BCUT2D eigenvalue weighted by molar-refractivity contribution is 7.92. The summed E-state index contributed by atoms with van der Waals surface area (Å²) in [4.78, 5) is 23.5. The van der Waals surface area contributed by atoms with E-state index in [1.807, 2.05) is 19.0 Å². The zero-order chi connectivity index (χ0) is 36.5. The fraction of sp³-hybridized carbons (Fsp3) is 0.357. The Morgan fingerprint density at radius 1 is 0.596 bits per heavy atom. The highest BCUT2D eigenvalue weighted by Crippen LogP contribution is 2.27. The van der Waals surface area contributed by atoms with Crippen molar-refractivity contribution in [3.05, 3.63) is 79.8 Å². The number of halogens is 1. The fourth-order valence-corrected chi connectivity index (χ4v) is 6.61. The summed E-state index contributed by atoms with van der Waals surface area (Å²) in [5.41, 5.74) is 6.87. The zero-order valence-corrected chi connectivity index (χ0v) is 30.1. The summed E-state index contributed by atoms with van der Waals surface area (Å²) in [5.74, 6) is -0.116. The Labute approximate surface area is 280 Å². The number of hydrogen-bond acceptors (Lipinski definition) is 13. The molecule has 0 saturated heterocycles. The number of nitrogens with two attached hydrogens (primary N) is 1. The van der Waals surface area contributed by atoms with Crippen LogP contribution in [0.1, 0.15) is 20.8 Å². The molecule has 260 valence electrons. The van der Waals surface area contributed by atoms with Gasteiger partial charge < -0.3 is 15.5 Å². The first-order valence-electron chi connectivity index (χ1n) is 13.7. The SMILES string of the molecule is CCS(=O)(=O)c1cc(Cl)cc([N+](=O)[O-])c1.CCS(=O)(=O)c1cc(N(C)C)cc([N+](=O)[O-])c1.CCS(=O)(=O)c1cc(N)cc(N(C)C)c1. The maximum absolute atomic E-state index is 11.7. The van der Waals surface area contributed by atoms with Crippen molar-refractivity contribution in [2.24, 2.45) is 0 Å². The van der Waals surface area contributed by atoms with E-state index in [2.05, 4.69) is 0 Å². The summed E-state index contributed by atoms with van der Waals surface area (Å²) in [5, 5.41) is 21.2. The molecule has 0 amide bonds. The van der Waals surface area contributed by atoms with Crippen LogP contribution in [0.3, 0.4) is 0 Å². The van der Waals surface area contributed by atoms with Gasteiger partial charge in [0.2, 0.25) is 0 Å². The molecular weight excluding hydrogens is 698 g/mol. The first kappa shape index (κ1) is 41.0. The van der Waals surface area contributed by atoms with Gasteiger partial charge in [0.15, 0.2) is 29.5 Å². The summed E-state index contributed by atoms with van der Waals surface area (Å²) >= 11 is 5.59. The lowest BCUT2D eigenvalue weighted by molar-refractivity contribution is -0.385. The number of anilines is 3. The number of non-ortho nitro benzene ring substituents is 2. The van der Waals surface area contributed by atoms with Crippen LogP contribution in [0.25, 0.3) is 0 Å². The maximum atomic E-state index is 11.7. The molecule has 0 fully saturated rings. The van der Waals surface area contributed by atoms with E-state index in [1.54, 1.807) is 38.1 Å². The molecule has 0 atom stereocenters. The molecule has 15 nitrogen and oxygen atoms in total. The van der Waals surface area contributed by atoms with E-state index < -0.39 is 39.4 Å². The molecule has 0 radical (unpaired) electrons. The van der Waals surface area contributed by atoms with Crippen LogP contribution >= 0.6 is 11.6 Å². The van der Waals surface area contributed by atoms with Crippen molar-refractivity contribution in [1.82, 2.24) is 0 Å². The molecule has 2 N–H and O–H groups in total. The monoisotopic (exact) mass is 735 g/mol. The molecule has 0 spiro atoms. The molecule has 0 aliphatic rings. The minimum atomic E-state index is -3.47. The number of nitro groups is 2. The van der Waals surface area contributed by atoms with E-state index in [-0.39, 0.29) is 48.3 Å². The van der Waals surface area contributed by atoms with Crippen LogP contribution < -0.4 is 15.5 Å². The molecule has 19 heteroatoms. The van der Waals surface area contributed by atoms with Crippen LogP contribution in [-0.2, 0) is 29.5 Å². The van der Waals surface area contributed by atoms with E-state index in [0.717, 1.165) is 23.9 Å². The van der Waals surface area contributed by atoms with E-state index in [9.17, 15) is 45.5 Å². The first-order chi connectivity index (χ1) is 21.5. The molecule has 0 aliphatic carbocycles. The number of nitrogen functional groups attached to an aromatic ring is 1. The summed E-state index contributed by atoms with van der Waals surface area (Å²) in [6.45, 7) is 4.58. The van der Waals surface area contributed by atoms with Gasteiger partial charge in [0.1, 0.15) is 0 Å². The van der Waals surface area contributed by atoms with Crippen LogP contribution in [0, 0.1) is 20.2 Å². The van der Waals surface area contributed by atoms with Crippen LogP contribution in [-0.4, -0.2) is 80.5 Å². The van der Waals surface area contributed by atoms with Gasteiger partial charge in [-0.2, -0.15) is 0 Å². The number of benzene rings is 3. The number of sulfone groups is 3. The molecule has 47 heavy (non-hydrogen) atoms. The minimum Gasteiger partial charge on any atom is -0.399 e. The molecule has 0 aliphatic heterocycles. The van der Waals surface area contributed by atoms with Crippen molar-refractivity contribution in [2.75, 3.05) is 61.0 Å². The topological polar surface area (TPSA) is 221 Å². The number of hydrogen-bond donors (Lipinski definition) is 1. The van der Waals surface area contributed by atoms with Gasteiger partial charge in [0.05, 0.1) is 41.8 Å². The van der Waals surface area contributed by atoms with Crippen LogP contribution in [0.5, 0.6) is 0 Å². The van der Waals surface area contributed by atoms with Crippen molar-refractivity contribution < 1.29 is 35.1 Å². The van der Waals surface area contributed by atoms with Gasteiger partial charge in [-0.15, -0.1) is 0 Å². The lowest BCUT2D eigenvalue weighted by Crippen LogP contribution is -2.11. The van der Waals surface area contributed by atoms with Crippen molar-refractivity contribution in [1.29, 1.82) is 0 Å². The lowest BCUT2D eigenvalue weighted by Gasteiger charge is -2.14. The molecule has 3 aromatic carbocycles. The number of rotatable bonds is 10. The van der Waals surface area contributed by atoms with Crippen molar-refractivity contribution >= 4 is 69.5 Å². The Hall–Kier alpha value is -4.00. The van der Waals surface area contributed by atoms with E-state index in [0.29, 0.717) is 11.4 Å². The zero-order valence-electron chi connectivity index (χ0n) is 26.9. The third kappa shape index (κ3) is 11.9. The summed E-state index contributed by atoms with van der Waals surface area (Å²) in [7, 11) is -3.01. The normalized spacial score (nSPS) is 11.3. The van der Waals surface area contributed by atoms with Gasteiger partial charge in [-0.25, -0.2) is 25.3 Å². The molecule has 0 heterocycles. The van der Waals surface area contributed by atoms with E-state index >= 15 is 0 Å². The van der Waals surface area contributed by atoms with E-state index in [1.165, 1.54) is 38.1 Å². The molecule has 0 unspecified atom stereocenters. The molecule has 0 saturated carbocycles. The average Bonchev–Trinajstić information content (AvgIpc) is 3.00. The third-order valence-corrected chi connectivity index (χ3v) is 11.7. The van der Waals surface area contributed by atoms with Crippen molar-refractivity contribution in [3.8, 4) is 0 Å². The smallest absolute Gasteiger partial charge is 0.272 e. The van der Waals surface area contributed by atoms with Crippen LogP contribution in [0.4, 0.5) is 28.4 Å². The van der Waals surface area contributed by atoms with Gasteiger partial charge in [0.25, 0.3) is 11.4 Å². The Morgan fingerprint density at radius 3 is 1.30 bits per heavy atom. The van der Waals surface area contributed by atoms with Gasteiger partial charge in [-0.05, 0) is 30.3 Å². The van der Waals surface area contributed by atoms with Gasteiger partial charge in [0, 0.05) is 74.5 Å². The number of nitrogens with zero attached hydrogens (tertiary/aromatic N) is 4. The molecular formula is C28H38ClN5O10S3. The molecule has 3 aromatic rings. The first-order valence-corrected chi connectivity index (χ1v) is 19.0. The van der Waals surface area contributed by atoms with Crippen LogP contribution in [0.15, 0.2) is 69.3 Å². The predicted molar refractivity (Wildman–Crippen MR) is 184 cm³/mol. The maximum Gasteiger partial charge on any atom is 0.272 e. The molecule has 0 aromatic heterocycles. The Kier molecular flexibility index (Phi) is 14.6. The second kappa shape index (κ2) is 16.7. The Balaban J connectivity index is 0.000000353. The summed E-state index contributed by atoms with van der Waals surface area (Å²) in [6.07, 6.45) is 0. The second-order valence-electron chi connectivity index (χ2n) is 10.1. The summed E-state index contributed by atoms with van der Waals surface area (Å²) < 4.78 is 69.6. The predicted octanol–water partition coefficient (Wildman–Crippen LogP) is 4.62. The number of nitro benzene ring substituents is 2. The highest BCUT2D eigenvalue weighted by atomic mass is 35.5. The van der Waals surface area contributed by atoms with Gasteiger partial charge in [-0.1, -0.05) is 32.4 Å². The Bertz CT molecular complexity index is 1930. The van der Waals surface area contributed by atoms with Gasteiger partial charge >= 0.3 is 0 Å². The molecule has 0 bridgehead atoms. The molecule has 3 rings (SSSR count). The lowest BCUT2D eigenvalue weighted by atomic mass is 10.2. The fourth-order valence-electron chi connectivity index (χ4n) is 3.49. The van der Waals surface area contributed by atoms with Crippen molar-refractivity contribution in [3.63, 3.8) is 0 Å². The van der Waals surface area contributed by atoms with Crippen LogP contribution in [0.2, 0.25) is 5.02 Å². The largest absolute Gasteiger partial charge is 0.399 e. The highest BCUT2D eigenvalue weighted by Gasteiger charge is 2.19. The minimum absolute atomic E-state index is 0.0158. The quantitative estimate of drug-likeness (QED) is 0.171. The average molecular weight is 736 g/mol. The third-order valence-electron chi connectivity index (χ3n) is 6.32. The second-order valence-corrected chi connectivity index (χ2v) is 17.4. The Morgan fingerprint density at radius 2 is 0.936 bits per heavy atom.